The van der Waals surface area contributed by atoms with Crippen LogP contribution in [0.2, 0.25) is 0 Å². The number of pyridine rings is 1. The molecule has 136 valence electrons. The maximum absolute atomic E-state index is 5.57. The molecule has 1 N–H and O–H groups in total. The van der Waals surface area contributed by atoms with Crippen LogP contribution in [0.25, 0.3) is 21.8 Å². The first-order chi connectivity index (χ1) is 13.2. The number of benzene rings is 3. The van der Waals surface area contributed by atoms with Crippen LogP contribution >= 0.6 is 15.9 Å². The molecule has 0 spiro atoms. The number of aromatic nitrogens is 1. The van der Waals surface area contributed by atoms with Crippen molar-refractivity contribution in [3.8, 4) is 11.5 Å². The number of para-hydroxylation sites is 2. The van der Waals surface area contributed by atoms with Crippen molar-refractivity contribution in [2.75, 3.05) is 19.5 Å². The van der Waals surface area contributed by atoms with Crippen LogP contribution in [0.4, 0.5) is 5.69 Å². The van der Waals surface area contributed by atoms with Gasteiger partial charge in [-0.3, -0.25) is 0 Å². The highest BCUT2D eigenvalue weighted by Gasteiger charge is 2.13. The van der Waals surface area contributed by atoms with E-state index in [1.54, 1.807) is 14.2 Å². The molecule has 4 rings (SSSR count). The van der Waals surface area contributed by atoms with E-state index in [1.165, 1.54) is 0 Å². The summed E-state index contributed by atoms with van der Waals surface area (Å²) in [5, 5.41) is 5.80. The summed E-state index contributed by atoms with van der Waals surface area (Å²) in [7, 11) is 3.32. The minimum absolute atomic E-state index is 0.603. The van der Waals surface area contributed by atoms with Crippen molar-refractivity contribution >= 4 is 43.4 Å². The summed E-state index contributed by atoms with van der Waals surface area (Å²) in [5.41, 5.74) is 4.04. The number of ether oxygens (including phenoxy) is 2. The molecule has 0 amide bonds. The van der Waals surface area contributed by atoms with Crippen LogP contribution in [-0.2, 0) is 6.54 Å². The van der Waals surface area contributed by atoms with Gasteiger partial charge in [0.1, 0.15) is 11.5 Å². The molecule has 5 heteroatoms. The Hall–Kier alpha value is -2.79. The van der Waals surface area contributed by atoms with Gasteiger partial charge < -0.3 is 14.8 Å². The highest BCUT2D eigenvalue weighted by Crippen LogP contribution is 2.35. The van der Waals surface area contributed by atoms with Gasteiger partial charge in [0.25, 0.3) is 0 Å². The van der Waals surface area contributed by atoms with Crippen molar-refractivity contribution in [3.63, 3.8) is 0 Å². The van der Waals surface area contributed by atoms with Gasteiger partial charge in [0.15, 0.2) is 0 Å². The summed E-state index contributed by atoms with van der Waals surface area (Å²) >= 11 is 3.64. The van der Waals surface area contributed by atoms with Crippen molar-refractivity contribution in [3.05, 3.63) is 70.7 Å². The molecule has 1 aromatic heterocycles. The second-order valence-electron chi connectivity index (χ2n) is 6.16. The molecular formula is C22H19BrN2O2. The van der Waals surface area contributed by atoms with E-state index in [1.807, 2.05) is 48.5 Å². The number of fused-ring (bicyclic) bond motifs is 2. The van der Waals surface area contributed by atoms with Crippen molar-refractivity contribution in [1.29, 1.82) is 0 Å². The first-order valence-electron chi connectivity index (χ1n) is 8.63. The average Bonchev–Trinajstić information content (AvgIpc) is 2.71. The minimum atomic E-state index is 0.603. The van der Waals surface area contributed by atoms with E-state index in [0.29, 0.717) is 6.54 Å². The fraction of sp³-hybridized carbons (Fsp3) is 0.136. The lowest BCUT2D eigenvalue weighted by molar-refractivity contribution is 0.391. The molecule has 0 aliphatic carbocycles. The van der Waals surface area contributed by atoms with Crippen molar-refractivity contribution in [1.82, 2.24) is 4.98 Å². The quantitative estimate of drug-likeness (QED) is 0.414. The van der Waals surface area contributed by atoms with Crippen molar-refractivity contribution < 1.29 is 9.47 Å². The Balaban J connectivity index is 1.80. The first-order valence-corrected chi connectivity index (χ1v) is 9.42. The van der Waals surface area contributed by atoms with Gasteiger partial charge in [0.2, 0.25) is 0 Å². The summed E-state index contributed by atoms with van der Waals surface area (Å²) < 4.78 is 11.8. The van der Waals surface area contributed by atoms with Gasteiger partial charge in [0.05, 0.1) is 30.9 Å². The standard InChI is InChI=1S/C22H19BrN2O2/c1-26-14-11-18(23)17(21(12-14)27-2)13-24-22-15-7-3-5-9-19(15)25-20-10-6-4-8-16(20)22/h3-12H,13H2,1-2H3,(H,24,25). The third-order valence-electron chi connectivity index (χ3n) is 4.61. The van der Waals surface area contributed by atoms with Gasteiger partial charge in [-0.15, -0.1) is 0 Å². The Morgan fingerprint density at radius 1 is 0.889 bits per heavy atom. The zero-order valence-electron chi connectivity index (χ0n) is 15.1. The molecule has 0 atom stereocenters. The summed E-state index contributed by atoms with van der Waals surface area (Å²) in [6.07, 6.45) is 0. The molecule has 0 radical (unpaired) electrons. The maximum atomic E-state index is 5.57. The number of hydrogen-bond acceptors (Lipinski definition) is 4. The highest BCUT2D eigenvalue weighted by atomic mass is 79.9. The van der Waals surface area contributed by atoms with E-state index in [4.69, 9.17) is 14.5 Å². The van der Waals surface area contributed by atoms with Crippen molar-refractivity contribution in [2.24, 2.45) is 0 Å². The molecule has 0 aliphatic heterocycles. The van der Waals surface area contributed by atoms with Crippen LogP contribution in [0, 0.1) is 0 Å². The first kappa shape index (κ1) is 17.6. The van der Waals surface area contributed by atoms with Crippen molar-refractivity contribution in [2.45, 2.75) is 6.54 Å². The molecule has 0 fully saturated rings. The van der Waals surface area contributed by atoms with E-state index >= 15 is 0 Å². The Kier molecular flexibility index (Phi) is 4.86. The number of anilines is 1. The second-order valence-corrected chi connectivity index (χ2v) is 7.02. The molecule has 0 aliphatic rings. The predicted molar refractivity (Wildman–Crippen MR) is 114 cm³/mol. The van der Waals surface area contributed by atoms with Gasteiger partial charge in [-0.05, 0) is 18.2 Å². The van der Waals surface area contributed by atoms with E-state index in [2.05, 4.69) is 33.4 Å². The predicted octanol–water partition coefficient (Wildman–Crippen LogP) is 5.78. The van der Waals surface area contributed by atoms with Gasteiger partial charge in [-0.25, -0.2) is 4.98 Å². The number of rotatable bonds is 5. The van der Waals surface area contributed by atoms with E-state index < -0.39 is 0 Å². The minimum Gasteiger partial charge on any atom is -0.497 e. The molecule has 0 bridgehead atoms. The van der Waals surface area contributed by atoms with Crippen LogP contribution < -0.4 is 14.8 Å². The van der Waals surface area contributed by atoms with Crippen LogP contribution in [0.3, 0.4) is 0 Å². The maximum Gasteiger partial charge on any atom is 0.128 e. The van der Waals surface area contributed by atoms with E-state index in [-0.39, 0.29) is 0 Å². The number of methoxy groups -OCH3 is 2. The van der Waals surface area contributed by atoms with Gasteiger partial charge >= 0.3 is 0 Å². The van der Waals surface area contributed by atoms with E-state index in [9.17, 15) is 0 Å². The largest absolute Gasteiger partial charge is 0.497 e. The van der Waals surface area contributed by atoms with Gasteiger partial charge in [-0.1, -0.05) is 52.3 Å². The Morgan fingerprint density at radius 2 is 1.52 bits per heavy atom. The molecule has 1 heterocycles. The SMILES string of the molecule is COc1cc(Br)c(CNc2c3ccccc3nc3ccccc23)c(OC)c1. The summed E-state index contributed by atoms with van der Waals surface area (Å²) in [5.74, 6) is 1.53. The molecule has 4 nitrogen and oxygen atoms in total. The van der Waals surface area contributed by atoms with E-state index in [0.717, 1.165) is 49.0 Å². The van der Waals surface area contributed by atoms with Gasteiger partial charge in [-0.2, -0.15) is 0 Å². The molecule has 27 heavy (non-hydrogen) atoms. The number of hydrogen-bond donors (Lipinski definition) is 1. The lowest BCUT2D eigenvalue weighted by Crippen LogP contribution is -2.05. The van der Waals surface area contributed by atoms with Crippen LogP contribution in [0.15, 0.2) is 65.1 Å². The molecule has 3 aromatic carbocycles. The number of halogens is 1. The third-order valence-corrected chi connectivity index (χ3v) is 5.32. The topological polar surface area (TPSA) is 43.4 Å². The van der Waals surface area contributed by atoms with Crippen LogP contribution in [-0.4, -0.2) is 19.2 Å². The molecule has 4 aromatic rings. The normalized spacial score (nSPS) is 10.9. The fourth-order valence-electron chi connectivity index (χ4n) is 3.27. The summed E-state index contributed by atoms with van der Waals surface area (Å²) in [6, 6.07) is 20.2. The average molecular weight is 423 g/mol. The smallest absolute Gasteiger partial charge is 0.128 e. The zero-order valence-corrected chi connectivity index (χ0v) is 16.7. The summed E-state index contributed by atoms with van der Waals surface area (Å²) in [6.45, 7) is 0.603. The number of nitrogens with one attached hydrogen (secondary N) is 1. The molecular weight excluding hydrogens is 404 g/mol. The fourth-order valence-corrected chi connectivity index (χ4v) is 3.83. The van der Waals surface area contributed by atoms with Gasteiger partial charge in [0, 0.05) is 33.4 Å². The molecule has 0 unspecified atom stereocenters. The third kappa shape index (κ3) is 3.30. The molecule has 0 saturated heterocycles. The van der Waals surface area contributed by atoms with Crippen LogP contribution in [0.1, 0.15) is 5.56 Å². The highest BCUT2D eigenvalue weighted by molar-refractivity contribution is 9.10. The zero-order chi connectivity index (χ0) is 18.8. The van der Waals surface area contributed by atoms with Crippen LogP contribution in [0.5, 0.6) is 11.5 Å². The second kappa shape index (κ2) is 7.45. The Bertz CT molecular complexity index is 1070. The Morgan fingerprint density at radius 3 is 2.11 bits per heavy atom. The number of nitrogens with zero attached hydrogens (tertiary/aromatic N) is 1. The molecule has 0 saturated carbocycles. The lowest BCUT2D eigenvalue weighted by atomic mass is 10.1. The summed E-state index contributed by atoms with van der Waals surface area (Å²) in [4.78, 5) is 4.78. The lowest BCUT2D eigenvalue weighted by Gasteiger charge is -2.16. The monoisotopic (exact) mass is 422 g/mol. The Labute approximate surface area is 166 Å².